The number of fused-ring (bicyclic) bond motifs is 2. The number of para-hydroxylation sites is 1. The summed E-state index contributed by atoms with van der Waals surface area (Å²) in [4.78, 5) is 12.3. The average molecular weight is 316 g/mol. The van der Waals surface area contributed by atoms with Crippen LogP contribution in [0.1, 0.15) is 17.3 Å². The molecule has 1 aromatic heterocycles. The van der Waals surface area contributed by atoms with E-state index in [9.17, 15) is 4.79 Å². The van der Waals surface area contributed by atoms with Crippen molar-refractivity contribution in [3.8, 4) is 17.1 Å². The highest BCUT2D eigenvalue weighted by atomic mass is 16.5. The first-order valence-corrected chi connectivity index (χ1v) is 7.79. The molecule has 1 heterocycles. The molecule has 0 aliphatic heterocycles. The van der Waals surface area contributed by atoms with Crippen molar-refractivity contribution in [3.63, 3.8) is 0 Å². The number of carbonyl (C=O) groups excluding carboxylic acids is 1. The Balaban J connectivity index is 2.11. The van der Waals surface area contributed by atoms with Crippen molar-refractivity contribution in [2.24, 2.45) is 0 Å². The van der Waals surface area contributed by atoms with Crippen LogP contribution in [0.2, 0.25) is 0 Å². The van der Waals surface area contributed by atoms with E-state index in [4.69, 9.17) is 9.15 Å². The van der Waals surface area contributed by atoms with Crippen LogP contribution in [0.4, 0.5) is 0 Å². The zero-order valence-electron chi connectivity index (χ0n) is 13.5. The Hall–Kier alpha value is -3.07. The molecule has 3 aromatic carbocycles. The predicted octanol–water partition coefficient (Wildman–Crippen LogP) is 5.46. The Bertz CT molecular complexity index is 1070. The largest absolute Gasteiger partial charge is 0.496 e. The van der Waals surface area contributed by atoms with E-state index >= 15 is 0 Å². The third-order valence-electron chi connectivity index (χ3n) is 4.30. The van der Waals surface area contributed by atoms with E-state index in [1.165, 1.54) is 0 Å². The second-order valence-corrected chi connectivity index (χ2v) is 5.72. The molecule has 3 nitrogen and oxygen atoms in total. The van der Waals surface area contributed by atoms with Crippen LogP contribution in [0.3, 0.4) is 0 Å². The van der Waals surface area contributed by atoms with E-state index in [1.807, 2.05) is 60.7 Å². The van der Waals surface area contributed by atoms with E-state index in [0.717, 1.165) is 33.1 Å². The molecule has 4 rings (SSSR count). The number of Topliss-reactive ketones (excluding diaryl/α,β-unsaturated/α-hetero) is 1. The highest BCUT2D eigenvalue weighted by Gasteiger charge is 2.21. The van der Waals surface area contributed by atoms with Crippen molar-refractivity contribution in [2.45, 2.75) is 6.92 Å². The van der Waals surface area contributed by atoms with Gasteiger partial charge in [-0.2, -0.15) is 0 Å². The molecule has 0 aliphatic carbocycles. The Morgan fingerprint density at radius 1 is 0.875 bits per heavy atom. The number of rotatable bonds is 3. The summed E-state index contributed by atoms with van der Waals surface area (Å²) in [6.07, 6.45) is 0. The lowest BCUT2D eigenvalue weighted by atomic mass is 9.97. The summed E-state index contributed by atoms with van der Waals surface area (Å²) in [6, 6.07) is 19.5. The van der Waals surface area contributed by atoms with Gasteiger partial charge >= 0.3 is 0 Å². The van der Waals surface area contributed by atoms with Crippen molar-refractivity contribution in [1.29, 1.82) is 0 Å². The van der Waals surface area contributed by atoms with Crippen LogP contribution >= 0.6 is 0 Å². The predicted molar refractivity (Wildman–Crippen MR) is 95.7 cm³/mol. The topological polar surface area (TPSA) is 39.4 Å². The van der Waals surface area contributed by atoms with E-state index in [0.29, 0.717) is 11.3 Å². The van der Waals surface area contributed by atoms with Gasteiger partial charge in [-0.25, -0.2) is 0 Å². The van der Waals surface area contributed by atoms with Gasteiger partial charge in [0.2, 0.25) is 0 Å². The van der Waals surface area contributed by atoms with Crippen LogP contribution in [0.25, 0.3) is 33.1 Å². The molecule has 0 N–H and O–H groups in total. The summed E-state index contributed by atoms with van der Waals surface area (Å²) < 4.78 is 11.5. The van der Waals surface area contributed by atoms with Gasteiger partial charge in [0.1, 0.15) is 17.1 Å². The van der Waals surface area contributed by atoms with Crippen molar-refractivity contribution in [2.75, 3.05) is 7.11 Å². The maximum atomic E-state index is 12.3. The van der Waals surface area contributed by atoms with Crippen molar-refractivity contribution < 1.29 is 13.9 Å². The zero-order chi connectivity index (χ0) is 16.7. The minimum atomic E-state index is -0.00477. The van der Waals surface area contributed by atoms with Gasteiger partial charge in [-0.1, -0.05) is 42.5 Å². The Morgan fingerprint density at radius 2 is 1.54 bits per heavy atom. The monoisotopic (exact) mass is 316 g/mol. The first-order chi connectivity index (χ1) is 11.7. The van der Waals surface area contributed by atoms with Crippen LogP contribution in [0.15, 0.2) is 65.1 Å². The number of hydrogen-bond donors (Lipinski definition) is 0. The molecular formula is C21H16O3. The summed E-state index contributed by atoms with van der Waals surface area (Å²) in [5.41, 5.74) is 2.24. The number of methoxy groups -OCH3 is 1. The lowest BCUT2D eigenvalue weighted by Gasteiger charge is -2.09. The molecule has 118 valence electrons. The third-order valence-corrected chi connectivity index (χ3v) is 4.30. The fourth-order valence-corrected chi connectivity index (χ4v) is 3.23. The highest BCUT2D eigenvalue weighted by molar-refractivity contribution is 6.13. The molecule has 0 saturated heterocycles. The summed E-state index contributed by atoms with van der Waals surface area (Å²) in [5.74, 6) is 1.41. The molecule has 0 spiro atoms. The maximum absolute atomic E-state index is 12.3. The van der Waals surface area contributed by atoms with Gasteiger partial charge < -0.3 is 9.15 Å². The third kappa shape index (κ3) is 2.09. The van der Waals surface area contributed by atoms with Crippen LogP contribution in [-0.2, 0) is 0 Å². The lowest BCUT2D eigenvalue weighted by molar-refractivity contribution is 0.101. The number of ether oxygens (including phenoxy) is 1. The summed E-state index contributed by atoms with van der Waals surface area (Å²) in [7, 11) is 1.66. The summed E-state index contributed by atoms with van der Waals surface area (Å²) >= 11 is 0. The molecule has 4 aromatic rings. The number of furan rings is 1. The lowest BCUT2D eigenvalue weighted by Crippen LogP contribution is -1.94. The minimum absolute atomic E-state index is 0.00477. The van der Waals surface area contributed by atoms with Crippen LogP contribution in [0.5, 0.6) is 5.75 Å². The van der Waals surface area contributed by atoms with Gasteiger partial charge in [-0.3, -0.25) is 4.79 Å². The van der Waals surface area contributed by atoms with Gasteiger partial charge in [0, 0.05) is 16.3 Å². The molecular weight excluding hydrogens is 300 g/mol. The van der Waals surface area contributed by atoms with Crippen LogP contribution in [-0.4, -0.2) is 12.9 Å². The first-order valence-electron chi connectivity index (χ1n) is 7.79. The smallest absolute Gasteiger partial charge is 0.164 e. The molecule has 3 heteroatoms. The molecule has 0 atom stereocenters. The molecule has 0 saturated carbocycles. The second-order valence-electron chi connectivity index (χ2n) is 5.72. The standard InChI is InChI=1S/C21H16O3/c1-13(22)20-17-9-5-6-10-19(17)24-21(20)16-11-12-18(23-2)15-8-4-3-7-14(15)16/h3-12H,1-2H3. The maximum Gasteiger partial charge on any atom is 0.164 e. The molecule has 0 aliphatic rings. The fourth-order valence-electron chi connectivity index (χ4n) is 3.23. The van der Waals surface area contributed by atoms with Gasteiger partial charge in [-0.05, 0) is 30.5 Å². The number of hydrogen-bond acceptors (Lipinski definition) is 3. The Kier molecular flexibility index (Phi) is 3.35. The molecule has 0 radical (unpaired) electrons. The van der Waals surface area contributed by atoms with E-state index in [1.54, 1.807) is 14.0 Å². The molecule has 0 amide bonds. The Morgan fingerprint density at radius 3 is 2.25 bits per heavy atom. The second kappa shape index (κ2) is 5.53. The van der Waals surface area contributed by atoms with Gasteiger partial charge in [0.15, 0.2) is 5.78 Å². The van der Waals surface area contributed by atoms with E-state index in [2.05, 4.69) is 0 Å². The van der Waals surface area contributed by atoms with E-state index in [-0.39, 0.29) is 5.78 Å². The highest BCUT2D eigenvalue weighted by Crippen LogP contribution is 2.39. The SMILES string of the molecule is COc1ccc(-c2oc3ccccc3c2C(C)=O)c2ccccc12. The van der Waals surface area contributed by atoms with Crippen molar-refractivity contribution in [3.05, 3.63) is 66.2 Å². The molecule has 0 unspecified atom stereocenters. The normalized spacial score (nSPS) is 11.1. The van der Waals surface area contributed by atoms with E-state index < -0.39 is 0 Å². The minimum Gasteiger partial charge on any atom is -0.496 e. The fraction of sp³-hybridized carbons (Fsp3) is 0.0952. The van der Waals surface area contributed by atoms with Crippen molar-refractivity contribution >= 4 is 27.5 Å². The average Bonchev–Trinajstić information content (AvgIpc) is 3.00. The zero-order valence-corrected chi connectivity index (χ0v) is 13.5. The van der Waals surface area contributed by atoms with Gasteiger partial charge in [-0.15, -0.1) is 0 Å². The summed E-state index contributed by atoms with van der Waals surface area (Å²) in [6.45, 7) is 1.58. The van der Waals surface area contributed by atoms with Gasteiger partial charge in [0.05, 0.1) is 12.7 Å². The quantitative estimate of drug-likeness (QED) is 0.471. The Labute approximate surface area is 139 Å². The summed E-state index contributed by atoms with van der Waals surface area (Å²) in [5, 5.41) is 2.84. The van der Waals surface area contributed by atoms with Crippen LogP contribution < -0.4 is 4.74 Å². The first kappa shape index (κ1) is 14.5. The number of carbonyl (C=O) groups is 1. The van der Waals surface area contributed by atoms with Gasteiger partial charge in [0.25, 0.3) is 0 Å². The molecule has 0 bridgehead atoms. The molecule has 0 fully saturated rings. The van der Waals surface area contributed by atoms with Crippen LogP contribution in [0, 0.1) is 0 Å². The number of benzene rings is 3. The number of ketones is 1. The van der Waals surface area contributed by atoms with Crippen molar-refractivity contribution in [1.82, 2.24) is 0 Å². The molecule has 24 heavy (non-hydrogen) atoms.